The third kappa shape index (κ3) is 2.77. The van der Waals surface area contributed by atoms with Crippen molar-refractivity contribution in [1.82, 2.24) is 9.97 Å². The Bertz CT molecular complexity index is 309. The van der Waals surface area contributed by atoms with E-state index in [1.165, 1.54) is 0 Å². The molecule has 6 heteroatoms. The van der Waals surface area contributed by atoms with Gasteiger partial charge in [0.2, 0.25) is 0 Å². The first-order valence-electron chi connectivity index (χ1n) is 3.44. The molecule has 0 aliphatic carbocycles. The maximum atomic E-state index is 5.82. The summed E-state index contributed by atoms with van der Waals surface area (Å²) in [6.07, 6.45) is 0. The molecule has 0 aliphatic rings. The van der Waals surface area contributed by atoms with Gasteiger partial charge in [0.25, 0.3) is 0 Å². The van der Waals surface area contributed by atoms with Crippen LogP contribution in [0.25, 0.3) is 0 Å². The van der Waals surface area contributed by atoms with Crippen LogP contribution in [0.2, 0.25) is 5.15 Å². The number of alkyl halides is 1. The minimum Gasteiger partial charge on any atom is -0.378 e. The molecule has 0 spiro atoms. The van der Waals surface area contributed by atoms with Crippen LogP contribution in [-0.4, -0.2) is 17.1 Å². The molecule has 1 aromatic heterocycles. The van der Waals surface area contributed by atoms with E-state index < -0.39 is 0 Å². The normalized spacial score (nSPS) is 10.5. The fourth-order valence-corrected chi connectivity index (χ4v) is 1.42. The van der Waals surface area contributed by atoms with Crippen LogP contribution >= 0.6 is 39.1 Å². The number of hydrogen-bond acceptors (Lipinski definition) is 3. The highest BCUT2D eigenvalue weighted by atomic mass is 79.9. The standard InChI is InChI=1S/C7H7BrCl2N2O/c1-13-3-4-6(8)7(10)12-5(2-9)11-4/h2-3H2,1H3. The first-order valence-corrected chi connectivity index (χ1v) is 5.15. The lowest BCUT2D eigenvalue weighted by Gasteiger charge is -2.05. The van der Waals surface area contributed by atoms with Crippen LogP contribution in [0.4, 0.5) is 0 Å². The first kappa shape index (κ1) is 11.2. The number of aromatic nitrogens is 2. The Morgan fingerprint density at radius 1 is 1.46 bits per heavy atom. The zero-order valence-electron chi connectivity index (χ0n) is 6.85. The molecule has 0 saturated carbocycles. The molecule has 0 aliphatic heterocycles. The number of hydrogen-bond donors (Lipinski definition) is 0. The molecule has 1 rings (SSSR count). The van der Waals surface area contributed by atoms with E-state index in [2.05, 4.69) is 25.9 Å². The monoisotopic (exact) mass is 284 g/mol. The van der Waals surface area contributed by atoms with Gasteiger partial charge < -0.3 is 4.74 Å². The van der Waals surface area contributed by atoms with Gasteiger partial charge in [0.1, 0.15) is 11.0 Å². The molecular weight excluding hydrogens is 279 g/mol. The van der Waals surface area contributed by atoms with Gasteiger partial charge in [-0.25, -0.2) is 9.97 Å². The first-order chi connectivity index (χ1) is 6.19. The van der Waals surface area contributed by atoms with Crippen molar-refractivity contribution in [2.45, 2.75) is 12.5 Å². The summed E-state index contributed by atoms with van der Waals surface area (Å²) in [5, 5.41) is 0.359. The Kier molecular flexibility index (Phi) is 4.38. The molecular formula is C7H7BrCl2N2O. The van der Waals surface area contributed by atoms with Crippen molar-refractivity contribution in [2.75, 3.05) is 7.11 Å². The van der Waals surface area contributed by atoms with Gasteiger partial charge in [-0.15, -0.1) is 11.6 Å². The van der Waals surface area contributed by atoms with E-state index in [0.29, 0.717) is 27.8 Å². The largest absolute Gasteiger partial charge is 0.378 e. The Labute approximate surface area is 94.6 Å². The summed E-state index contributed by atoms with van der Waals surface area (Å²) in [7, 11) is 1.59. The predicted octanol–water partition coefficient (Wildman–Crippen LogP) is 2.78. The van der Waals surface area contributed by atoms with Crippen molar-refractivity contribution in [1.29, 1.82) is 0 Å². The van der Waals surface area contributed by atoms with Gasteiger partial charge in [-0.3, -0.25) is 0 Å². The van der Waals surface area contributed by atoms with E-state index in [9.17, 15) is 0 Å². The number of methoxy groups -OCH3 is 1. The lowest BCUT2D eigenvalue weighted by atomic mass is 10.4. The van der Waals surface area contributed by atoms with Gasteiger partial charge in [-0.05, 0) is 15.9 Å². The van der Waals surface area contributed by atoms with Gasteiger partial charge in [0.05, 0.1) is 22.7 Å². The van der Waals surface area contributed by atoms with Crippen LogP contribution in [-0.2, 0) is 17.2 Å². The quantitative estimate of drug-likeness (QED) is 0.633. The molecule has 0 unspecified atom stereocenters. The van der Waals surface area contributed by atoms with Gasteiger partial charge >= 0.3 is 0 Å². The number of ether oxygens (including phenoxy) is 1. The molecule has 0 fully saturated rings. The van der Waals surface area contributed by atoms with Crippen LogP contribution < -0.4 is 0 Å². The Hall–Kier alpha value is 0.1000. The van der Waals surface area contributed by atoms with E-state index in [1.807, 2.05) is 0 Å². The van der Waals surface area contributed by atoms with Crippen molar-refractivity contribution in [3.63, 3.8) is 0 Å². The van der Waals surface area contributed by atoms with Crippen LogP contribution in [0.5, 0.6) is 0 Å². The smallest absolute Gasteiger partial charge is 0.147 e. The Morgan fingerprint density at radius 2 is 2.15 bits per heavy atom. The highest BCUT2D eigenvalue weighted by Gasteiger charge is 2.09. The van der Waals surface area contributed by atoms with Gasteiger partial charge in [0.15, 0.2) is 0 Å². The second-order valence-electron chi connectivity index (χ2n) is 2.26. The van der Waals surface area contributed by atoms with Crippen molar-refractivity contribution < 1.29 is 4.74 Å². The zero-order chi connectivity index (χ0) is 9.84. The van der Waals surface area contributed by atoms with Gasteiger partial charge in [-0.1, -0.05) is 11.6 Å². The SMILES string of the molecule is COCc1nc(CCl)nc(Cl)c1Br. The van der Waals surface area contributed by atoms with E-state index in [-0.39, 0.29) is 5.88 Å². The summed E-state index contributed by atoms with van der Waals surface area (Å²) in [4.78, 5) is 8.10. The summed E-state index contributed by atoms with van der Waals surface area (Å²) in [5.41, 5.74) is 0.707. The Balaban J connectivity index is 3.09. The molecule has 0 aromatic carbocycles. The van der Waals surface area contributed by atoms with E-state index in [0.717, 1.165) is 0 Å². The van der Waals surface area contributed by atoms with Crippen LogP contribution in [0.3, 0.4) is 0 Å². The minimum absolute atomic E-state index is 0.240. The summed E-state index contributed by atoms with van der Waals surface area (Å²) in [6.45, 7) is 0.382. The molecule has 72 valence electrons. The molecule has 0 saturated heterocycles. The Morgan fingerprint density at radius 3 is 2.69 bits per heavy atom. The molecule has 0 radical (unpaired) electrons. The van der Waals surface area contributed by atoms with E-state index in [4.69, 9.17) is 27.9 Å². The molecule has 13 heavy (non-hydrogen) atoms. The molecule has 0 amide bonds. The fraction of sp³-hybridized carbons (Fsp3) is 0.429. The average molecular weight is 286 g/mol. The van der Waals surface area contributed by atoms with E-state index >= 15 is 0 Å². The van der Waals surface area contributed by atoms with Gasteiger partial charge in [0, 0.05) is 7.11 Å². The number of nitrogens with zero attached hydrogens (tertiary/aromatic N) is 2. The van der Waals surface area contributed by atoms with Crippen LogP contribution in [0, 0.1) is 0 Å². The maximum Gasteiger partial charge on any atom is 0.147 e. The third-order valence-electron chi connectivity index (χ3n) is 1.33. The summed E-state index contributed by atoms with van der Waals surface area (Å²) in [6, 6.07) is 0. The zero-order valence-corrected chi connectivity index (χ0v) is 9.95. The van der Waals surface area contributed by atoms with Crippen molar-refractivity contribution in [3.05, 3.63) is 21.1 Å². The summed E-state index contributed by atoms with van der Waals surface area (Å²) >= 11 is 14.7. The highest BCUT2D eigenvalue weighted by Crippen LogP contribution is 2.24. The molecule has 1 heterocycles. The average Bonchev–Trinajstić information content (AvgIpc) is 2.13. The molecule has 0 N–H and O–H groups in total. The number of rotatable bonds is 3. The lowest BCUT2D eigenvalue weighted by molar-refractivity contribution is 0.180. The van der Waals surface area contributed by atoms with Crippen LogP contribution in [0.15, 0.2) is 4.47 Å². The topological polar surface area (TPSA) is 35.0 Å². The maximum absolute atomic E-state index is 5.82. The second-order valence-corrected chi connectivity index (χ2v) is 3.68. The van der Waals surface area contributed by atoms with E-state index in [1.54, 1.807) is 7.11 Å². The third-order valence-corrected chi connectivity index (χ3v) is 2.90. The van der Waals surface area contributed by atoms with Crippen molar-refractivity contribution in [3.8, 4) is 0 Å². The number of halogens is 3. The highest BCUT2D eigenvalue weighted by molar-refractivity contribution is 9.10. The second kappa shape index (κ2) is 5.10. The van der Waals surface area contributed by atoms with Gasteiger partial charge in [-0.2, -0.15) is 0 Å². The predicted molar refractivity (Wildman–Crippen MR) is 55.0 cm³/mol. The van der Waals surface area contributed by atoms with Crippen LogP contribution in [0.1, 0.15) is 11.5 Å². The molecule has 1 aromatic rings. The fourth-order valence-electron chi connectivity index (χ4n) is 0.803. The molecule has 3 nitrogen and oxygen atoms in total. The molecule has 0 atom stereocenters. The van der Waals surface area contributed by atoms with Crippen molar-refractivity contribution >= 4 is 39.1 Å². The van der Waals surface area contributed by atoms with Crippen molar-refractivity contribution in [2.24, 2.45) is 0 Å². The minimum atomic E-state index is 0.240. The molecule has 0 bridgehead atoms. The lowest BCUT2D eigenvalue weighted by Crippen LogP contribution is -2.01. The summed E-state index contributed by atoms with van der Waals surface area (Å²) in [5.74, 6) is 0.742. The summed E-state index contributed by atoms with van der Waals surface area (Å²) < 4.78 is 5.60.